The second-order valence-corrected chi connectivity index (χ2v) is 6.03. The number of benzene rings is 2. The molecule has 0 bridgehead atoms. The van der Waals surface area contributed by atoms with Crippen LogP contribution in [-0.2, 0) is 6.54 Å². The maximum atomic E-state index is 13.0. The molecule has 148 valence electrons. The number of ether oxygens (including phenoxy) is 2. The van der Waals surface area contributed by atoms with Gasteiger partial charge in [0, 0.05) is 24.7 Å². The van der Waals surface area contributed by atoms with Crippen LogP contribution in [0.5, 0.6) is 11.5 Å². The summed E-state index contributed by atoms with van der Waals surface area (Å²) in [4.78, 5) is 1.07. The molecule has 0 amide bonds. The van der Waals surface area contributed by atoms with Crippen LogP contribution in [0.25, 0.3) is 0 Å². The number of rotatable bonds is 8. The Morgan fingerprint density at radius 2 is 1.70 bits per heavy atom. The minimum absolute atomic E-state index is 0.0923. The molecule has 0 aliphatic carbocycles. The average Bonchev–Trinajstić information content (AvgIpc) is 2.61. The fourth-order valence-corrected chi connectivity index (χ4v) is 2.70. The van der Waals surface area contributed by atoms with Gasteiger partial charge in [0.1, 0.15) is 17.3 Å². The van der Waals surface area contributed by atoms with Crippen LogP contribution in [0.3, 0.4) is 0 Å². The number of halogens is 4. The summed E-state index contributed by atoms with van der Waals surface area (Å²) < 4.78 is 62.3. The summed E-state index contributed by atoms with van der Waals surface area (Å²) in [7, 11) is 2.89. The van der Waals surface area contributed by atoms with Crippen molar-refractivity contribution in [2.75, 3.05) is 27.3 Å². The van der Waals surface area contributed by atoms with E-state index in [1.54, 1.807) is 18.2 Å². The Bertz CT molecular complexity index is 735. The van der Waals surface area contributed by atoms with Crippen LogP contribution in [0.15, 0.2) is 42.5 Å². The van der Waals surface area contributed by atoms with Crippen molar-refractivity contribution in [1.82, 2.24) is 4.90 Å². The molecule has 1 N–H and O–H groups in total. The van der Waals surface area contributed by atoms with E-state index >= 15 is 0 Å². The molecule has 0 aliphatic heterocycles. The van der Waals surface area contributed by atoms with Gasteiger partial charge in [-0.1, -0.05) is 18.2 Å². The average molecular weight is 387 g/mol. The van der Waals surface area contributed by atoms with Crippen molar-refractivity contribution in [3.8, 4) is 11.5 Å². The summed E-state index contributed by atoms with van der Waals surface area (Å²) in [6.45, 7) is -1.58. The predicted octanol–water partition coefficient (Wildman–Crippen LogP) is 3.94. The molecule has 2 rings (SSSR count). The molecular formula is C19H21F4NO3. The first kappa shape index (κ1) is 21.0. The molecule has 1 unspecified atom stereocenters. The lowest BCUT2D eigenvalue weighted by atomic mass is 10.1. The van der Waals surface area contributed by atoms with E-state index in [-0.39, 0.29) is 13.1 Å². The summed E-state index contributed by atoms with van der Waals surface area (Å²) in [5.74, 6) is 0.420. The number of aliphatic hydroxyl groups is 1. The Morgan fingerprint density at radius 3 is 2.26 bits per heavy atom. The molecule has 8 heteroatoms. The molecule has 0 saturated heterocycles. The van der Waals surface area contributed by atoms with Gasteiger partial charge >= 0.3 is 6.18 Å². The van der Waals surface area contributed by atoms with E-state index < -0.39 is 24.6 Å². The fraction of sp³-hybridized carbons (Fsp3) is 0.368. The maximum Gasteiger partial charge on any atom is 0.401 e. The Balaban J connectivity index is 2.20. The predicted molar refractivity (Wildman–Crippen MR) is 92.2 cm³/mol. The Kier molecular flexibility index (Phi) is 7.04. The van der Waals surface area contributed by atoms with Crippen LogP contribution in [0.1, 0.15) is 17.2 Å². The van der Waals surface area contributed by atoms with Crippen molar-refractivity contribution < 1.29 is 32.1 Å². The summed E-state index contributed by atoms with van der Waals surface area (Å²) in [6.07, 6.45) is -5.64. The van der Waals surface area contributed by atoms with E-state index in [0.717, 1.165) is 17.0 Å². The molecule has 0 aromatic heterocycles. The zero-order valence-electron chi connectivity index (χ0n) is 15.0. The van der Waals surface area contributed by atoms with Gasteiger partial charge in [0.25, 0.3) is 0 Å². The fourth-order valence-electron chi connectivity index (χ4n) is 2.70. The SMILES string of the molecule is COc1ccc(CN(CC(O)c2ccc(F)cc2)CC(F)(F)F)c(OC)c1. The van der Waals surface area contributed by atoms with Gasteiger partial charge in [-0.3, -0.25) is 4.90 Å². The molecule has 0 radical (unpaired) electrons. The normalized spacial score (nSPS) is 12.9. The zero-order chi connectivity index (χ0) is 20.0. The molecule has 0 fully saturated rings. The standard InChI is InChI=1S/C19H21F4NO3/c1-26-16-8-5-14(18(9-16)27-2)10-24(12-19(21,22)23)11-17(25)13-3-6-15(20)7-4-13/h3-9,17,25H,10-12H2,1-2H3. The monoisotopic (exact) mass is 387 g/mol. The molecule has 2 aromatic rings. The third-order valence-corrected chi connectivity index (χ3v) is 3.98. The van der Waals surface area contributed by atoms with Crippen molar-refractivity contribution in [3.63, 3.8) is 0 Å². The molecule has 1 atom stereocenters. The lowest BCUT2D eigenvalue weighted by Crippen LogP contribution is -2.36. The second-order valence-electron chi connectivity index (χ2n) is 6.03. The number of nitrogens with zero attached hydrogens (tertiary/aromatic N) is 1. The van der Waals surface area contributed by atoms with Gasteiger partial charge in [0.2, 0.25) is 0 Å². The van der Waals surface area contributed by atoms with Crippen LogP contribution in [-0.4, -0.2) is 43.5 Å². The van der Waals surface area contributed by atoms with Crippen LogP contribution >= 0.6 is 0 Å². The zero-order valence-corrected chi connectivity index (χ0v) is 15.0. The molecule has 0 spiro atoms. The molecule has 2 aromatic carbocycles. The third kappa shape index (κ3) is 6.41. The molecule has 0 saturated carbocycles. The lowest BCUT2D eigenvalue weighted by Gasteiger charge is -2.27. The van der Waals surface area contributed by atoms with Gasteiger partial charge in [-0.15, -0.1) is 0 Å². The van der Waals surface area contributed by atoms with E-state index in [0.29, 0.717) is 22.6 Å². The van der Waals surface area contributed by atoms with E-state index in [9.17, 15) is 22.7 Å². The molecular weight excluding hydrogens is 366 g/mol. The summed E-state index contributed by atoms with van der Waals surface area (Å²) in [5, 5.41) is 10.3. The number of aliphatic hydroxyl groups excluding tert-OH is 1. The highest BCUT2D eigenvalue weighted by molar-refractivity contribution is 5.40. The largest absolute Gasteiger partial charge is 0.497 e. The molecule has 27 heavy (non-hydrogen) atoms. The van der Waals surface area contributed by atoms with Gasteiger partial charge in [-0.2, -0.15) is 13.2 Å². The van der Waals surface area contributed by atoms with Crippen molar-refractivity contribution in [2.45, 2.75) is 18.8 Å². The Labute approximate surface area is 154 Å². The van der Waals surface area contributed by atoms with E-state index in [2.05, 4.69) is 0 Å². The van der Waals surface area contributed by atoms with Crippen molar-refractivity contribution in [1.29, 1.82) is 0 Å². The first-order chi connectivity index (χ1) is 12.7. The summed E-state index contributed by atoms with van der Waals surface area (Å²) in [5.41, 5.74) is 0.860. The van der Waals surface area contributed by atoms with Crippen LogP contribution in [0.2, 0.25) is 0 Å². The number of hydrogen-bond acceptors (Lipinski definition) is 4. The molecule has 0 heterocycles. The highest BCUT2D eigenvalue weighted by Gasteiger charge is 2.32. The van der Waals surface area contributed by atoms with Gasteiger partial charge < -0.3 is 14.6 Å². The first-order valence-corrected chi connectivity index (χ1v) is 8.15. The number of hydrogen-bond donors (Lipinski definition) is 1. The van der Waals surface area contributed by atoms with E-state index in [1.165, 1.54) is 26.4 Å². The van der Waals surface area contributed by atoms with Gasteiger partial charge in [-0.05, 0) is 23.8 Å². The summed E-state index contributed by atoms with van der Waals surface area (Å²) in [6, 6.07) is 9.82. The topological polar surface area (TPSA) is 41.9 Å². The number of methoxy groups -OCH3 is 2. The highest BCUT2D eigenvalue weighted by Crippen LogP contribution is 2.28. The van der Waals surface area contributed by atoms with Gasteiger partial charge in [0.05, 0.1) is 26.9 Å². The van der Waals surface area contributed by atoms with Crippen LogP contribution < -0.4 is 9.47 Å². The molecule has 0 aliphatic rings. The maximum absolute atomic E-state index is 13.0. The molecule has 4 nitrogen and oxygen atoms in total. The second kappa shape index (κ2) is 9.05. The van der Waals surface area contributed by atoms with Gasteiger partial charge in [-0.25, -0.2) is 4.39 Å². The summed E-state index contributed by atoms with van der Waals surface area (Å²) >= 11 is 0. The highest BCUT2D eigenvalue weighted by atomic mass is 19.4. The number of alkyl halides is 3. The lowest BCUT2D eigenvalue weighted by molar-refractivity contribution is -0.150. The third-order valence-electron chi connectivity index (χ3n) is 3.98. The van der Waals surface area contributed by atoms with E-state index in [1.807, 2.05) is 0 Å². The van der Waals surface area contributed by atoms with E-state index in [4.69, 9.17) is 9.47 Å². The van der Waals surface area contributed by atoms with Crippen molar-refractivity contribution >= 4 is 0 Å². The van der Waals surface area contributed by atoms with Crippen molar-refractivity contribution in [2.24, 2.45) is 0 Å². The Hall–Kier alpha value is -2.32. The van der Waals surface area contributed by atoms with Gasteiger partial charge in [0.15, 0.2) is 0 Å². The Morgan fingerprint density at radius 1 is 1.04 bits per heavy atom. The smallest absolute Gasteiger partial charge is 0.401 e. The van der Waals surface area contributed by atoms with Crippen LogP contribution in [0.4, 0.5) is 17.6 Å². The quantitative estimate of drug-likeness (QED) is 0.697. The first-order valence-electron chi connectivity index (χ1n) is 8.15. The minimum atomic E-state index is -4.44. The van der Waals surface area contributed by atoms with Crippen LogP contribution in [0, 0.1) is 5.82 Å². The minimum Gasteiger partial charge on any atom is -0.497 e. The van der Waals surface area contributed by atoms with Crippen molar-refractivity contribution in [3.05, 3.63) is 59.4 Å².